The molecular weight excluding hydrogens is 356 g/mol. The van der Waals surface area contributed by atoms with Crippen molar-refractivity contribution in [2.75, 3.05) is 7.05 Å². The van der Waals surface area contributed by atoms with Gasteiger partial charge < -0.3 is 4.74 Å². The molecule has 2 aromatic rings. The fourth-order valence-corrected chi connectivity index (χ4v) is 3.85. The molecule has 6 heteroatoms. The number of hydrogen-bond donors (Lipinski definition) is 1. The highest BCUT2D eigenvalue weighted by Crippen LogP contribution is 2.48. The van der Waals surface area contributed by atoms with Crippen LogP contribution in [0.15, 0.2) is 48.5 Å². The van der Waals surface area contributed by atoms with Gasteiger partial charge in [0, 0.05) is 24.1 Å². The molecule has 2 aromatic carbocycles. The predicted octanol–water partition coefficient (Wildman–Crippen LogP) is 5.31. The van der Waals surface area contributed by atoms with Crippen LogP contribution in [0.1, 0.15) is 36.8 Å². The molecule has 0 spiro atoms. The third-order valence-electron chi connectivity index (χ3n) is 4.99. The van der Waals surface area contributed by atoms with Crippen molar-refractivity contribution in [3.05, 3.63) is 71.3 Å². The predicted molar refractivity (Wildman–Crippen MR) is 98.8 cm³/mol. The van der Waals surface area contributed by atoms with Gasteiger partial charge in [-0.3, -0.25) is 4.31 Å². The van der Waals surface area contributed by atoms with Gasteiger partial charge in [0.2, 0.25) is 0 Å². The molecule has 0 aromatic heterocycles. The van der Waals surface area contributed by atoms with Gasteiger partial charge in [-0.2, -0.15) is 0 Å². The van der Waals surface area contributed by atoms with Gasteiger partial charge in [-0.25, -0.2) is 13.6 Å². The molecule has 0 bridgehead atoms. The largest absolute Gasteiger partial charge is 0.432 e. The van der Waals surface area contributed by atoms with Crippen molar-refractivity contribution < 1.29 is 18.3 Å². The van der Waals surface area contributed by atoms with Gasteiger partial charge >= 0.3 is 6.09 Å². The van der Waals surface area contributed by atoms with Crippen molar-refractivity contribution in [3.63, 3.8) is 0 Å². The normalized spacial score (nSPS) is 16.9. The number of carbonyl (C=O) groups excluding carboxylic acids is 1. The van der Waals surface area contributed by atoms with Crippen LogP contribution in [-0.4, -0.2) is 17.4 Å². The molecule has 1 aliphatic rings. The Kier molecular flexibility index (Phi) is 5.51. The van der Waals surface area contributed by atoms with E-state index in [1.807, 2.05) is 0 Å². The molecule has 0 radical (unpaired) electrons. The van der Waals surface area contributed by atoms with Gasteiger partial charge in [-0.1, -0.05) is 56.0 Å². The van der Waals surface area contributed by atoms with Crippen LogP contribution in [0.5, 0.6) is 0 Å². The first-order valence-corrected chi connectivity index (χ1v) is 9.02. The van der Waals surface area contributed by atoms with Crippen molar-refractivity contribution in [2.24, 2.45) is 5.92 Å². The average Bonchev–Trinajstić information content (AvgIpc) is 3.16. The Hall–Kier alpha value is -2.08. The number of benzene rings is 2. The summed E-state index contributed by atoms with van der Waals surface area (Å²) in [6.07, 6.45) is 2.82. The lowest BCUT2D eigenvalue weighted by atomic mass is 9.74. The average molecular weight is 377 g/mol. The number of ether oxygens (including phenoxy) is 1. The zero-order valence-electron chi connectivity index (χ0n) is 14.5. The maximum atomic E-state index is 14.9. The molecule has 3 nitrogen and oxygen atoms in total. The van der Waals surface area contributed by atoms with E-state index in [9.17, 15) is 13.6 Å². The van der Waals surface area contributed by atoms with E-state index in [2.05, 4.69) is 12.8 Å². The topological polar surface area (TPSA) is 29.5 Å². The van der Waals surface area contributed by atoms with Crippen LogP contribution in [0.25, 0.3) is 0 Å². The van der Waals surface area contributed by atoms with Gasteiger partial charge in [0.15, 0.2) is 5.60 Å². The molecule has 1 atom stereocenters. The van der Waals surface area contributed by atoms with Crippen molar-refractivity contribution >= 4 is 18.9 Å². The summed E-state index contributed by atoms with van der Waals surface area (Å²) in [5.41, 5.74) is -0.495. The smallest absolute Gasteiger partial charge is 0.420 e. The maximum Gasteiger partial charge on any atom is 0.420 e. The Balaban J connectivity index is 2.24. The summed E-state index contributed by atoms with van der Waals surface area (Å²) in [6.45, 7) is 0. The molecule has 1 unspecified atom stereocenters. The first-order chi connectivity index (χ1) is 12.4. The fourth-order valence-electron chi connectivity index (χ4n) is 3.80. The summed E-state index contributed by atoms with van der Waals surface area (Å²) in [5.74, 6) is -0.972. The van der Waals surface area contributed by atoms with E-state index >= 15 is 0 Å². The van der Waals surface area contributed by atoms with Crippen LogP contribution in [0.2, 0.25) is 0 Å². The molecular formula is C20H21F2NO2S. The van der Waals surface area contributed by atoms with Crippen LogP contribution in [-0.2, 0) is 10.3 Å². The summed E-state index contributed by atoms with van der Waals surface area (Å²) in [6, 6.07) is 12.0. The number of rotatable bonds is 4. The molecule has 138 valence electrons. The maximum absolute atomic E-state index is 14.9. The Labute approximate surface area is 157 Å². The number of thiol groups is 1. The highest BCUT2D eigenvalue weighted by atomic mass is 32.1. The second-order valence-electron chi connectivity index (χ2n) is 6.60. The molecule has 3 rings (SSSR count). The molecule has 0 aliphatic heterocycles. The zero-order valence-corrected chi connectivity index (χ0v) is 15.4. The van der Waals surface area contributed by atoms with Gasteiger partial charge in [0.1, 0.15) is 11.6 Å². The minimum atomic E-state index is -1.33. The first-order valence-electron chi connectivity index (χ1n) is 8.62. The van der Waals surface area contributed by atoms with E-state index < -0.39 is 23.3 Å². The van der Waals surface area contributed by atoms with Crippen LogP contribution >= 0.6 is 12.8 Å². The van der Waals surface area contributed by atoms with Gasteiger partial charge in [0.05, 0.1) is 0 Å². The molecule has 1 saturated carbocycles. The van der Waals surface area contributed by atoms with E-state index in [4.69, 9.17) is 4.74 Å². The molecule has 1 fully saturated rings. The molecule has 26 heavy (non-hydrogen) atoms. The summed E-state index contributed by atoms with van der Waals surface area (Å²) in [4.78, 5) is 12.5. The summed E-state index contributed by atoms with van der Waals surface area (Å²) in [7, 11) is 1.46. The van der Waals surface area contributed by atoms with E-state index in [0.29, 0.717) is 5.56 Å². The number of carbonyl (C=O) groups is 1. The van der Waals surface area contributed by atoms with Crippen molar-refractivity contribution in [2.45, 2.75) is 31.3 Å². The van der Waals surface area contributed by atoms with Crippen molar-refractivity contribution in [3.8, 4) is 0 Å². The Bertz CT molecular complexity index is 776. The molecule has 0 saturated heterocycles. The quantitative estimate of drug-likeness (QED) is 0.732. The second kappa shape index (κ2) is 7.66. The summed E-state index contributed by atoms with van der Waals surface area (Å²) < 4.78 is 35.3. The Morgan fingerprint density at radius 1 is 1.12 bits per heavy atom. The molecule has 0 N–H and O–H groups in total. The van der Waals surface area contributed by atoms with Gasteiger partial charge in [0.25, 0.3) is 0 Å². The third kappa shape index (κ3) is 3.43. The minimum Gasteiger partial charge on any atom is -0.432 e. The number of halogens is 2. The van der Waals surface area contributed by atoms with E-state index in [0.717, 1.165) is 30.0 Å². The van der Waals surface area contributed by atoms with Crippen LogP contribution in [0.3, 0.4) is 0 Å². The highest BCUT2D eigenvalue weighted by molar-refractivity contribution is 7.78. The van der Waals surface area contributed by atoms with E-state index in [1.165, 1.54) is 25.2 Å². The second-order valence-corrected chi connectivity index (χ2v) is 7.20. The van der Waals surface area contributed by atoms with Crippen molar-refractivity contribution in [1.82, 2.24) is 4.31 Å². The van der Waals surface area contributed by atoms with Gasteiger partial charge in [-0.05, 0) is 31.0 Å². The third-order valence-corrected chi connectivity index (χ3v) is 5.15. The van der Waals surface area contributed by atoms with E-state index in [1.54, 1.807) is 30.3 Å². The van der Waals surface area contributed by atoms with Crippen LogP contribution in [0.4, 0.5) is 13.6 Å². The lowest BCUT2D eigenvalue weighted by molar-refractivity contribution is -0.0145. The minimum absolute atomic E-state index is 0.109. The molecule has 1 aliphatic carbocycles. The lowest BCUT2D eigenvalue weighted by Crippen LogP contribution is -2.43. The number of nitrogens with zero attached hydrogens (tertiary/aromatic N) is 1. The van der Waals surface area contributed by atoms with Crippen molar-refractivity contribution in [1.29, 1.82) is 0 Å². The number of hydrogen-bond acceptors (Lipinski definition) is 3. The van der Waals surface area contributed by atoms with E-state index in [-0.39, 0.29) is 11.5 Å². The molecule has 1 amide bonds. The zero-order chi connectivity index (χ0) is 18.7. The Morgan fingerprint density at radius 3 is 2.31 bits per heavy atom. The fraction of sp³-hybridized carbons (Fsp3) is 0.350. The monoisotopic (exact) mass is 377 g/mol. The standard InChI is InChI=1S/C20H21F2NO2S/c1-23(26)19(24)25-20(14-6-2-3-7-14,15-10-12-16(21)13-11-15)17-8-4-5-9-18(17)22/h4-5,8-14,26H,2-3,6-7H2,1H3. The molecule has 0 heterocycles. The summed E-state index contributed by atoms with van der Waals surface area (Å²) in [5, 5.41) is 0. The first kappa shape index (κ1) is 18.7. The SMILES string of the molecule is CN(S)C(=O)OC(c1ccc(F)cc1)(c1ccccc1F)C1CCCC1. The Morgan fingerprint density at radius 2 is 1.73 bits per heavy atom. The number of amides is 1. The van der Waals surface area contributed by atoms with Crippen LogP contribution < -0.4 is 0 Å². The summed E-state index contributed by atoms with van der Waals surface area (Å²) >= 11 is 4.02. The van der Waals surface area contributed by atoms with Gasteiger partial charge in [-0.15, -0.1) is 0 Å². The lowest BCUT2D eigenvalue weighted by Gasteiger charge is -2.40. The highest BCUT2D eigenvalue weighted by Gasteiger charge is 2.48. The van der Waals surface area contributed by atoms with Crippen LogP contribution in [0, 0.1) is 17.6 Å².